The molecule has 6 heteroatoms. The average molecular weight is 312 g/mol. The second kappa shape index (κ2) is 8.51. The Morgan fingerprint density at radius 2 is 2.25 bits per heavy atom. The average Bonchev–Trinajstić information content (AvgIpc) is 2.38. The fourth-order valence-electron chi connectivity index (χ4n) is 1.44. The number of hydrogen-bond donors (Lipinski definition) is 2. The number of carboxylic acids is 1. The van der Waals surface area contributed by atoms with Gasteiger partial charge in [-0.25, -0.2) is 4.79 Å². The third-order valence-corrected chi connectivity index (χ3v) is 3.59. The van der Waals surface area contributed by atoms with Crippen LogP contribution in [-0.2, 0) is 15.3 Å². The van der Waals surface area contributed by atoms with Crippen molar-refractivity contribution >= 4 is 35.2 Å². The summed E-state index contributed by atoms with van der Waals surface area (Å²) >= 11 is 7.23. The molecule has 1 aromatic carbocycles. The maximum absolute atomic E-state index is 11.6. The molecule has 20 heavy (non-hydrogen) atoms. The Morgan fingerprint density at radius 3 is 2.85 bits per heavy atom. The second-order valence-electron chi connectivity index (χ2n) is 3.99. The van der Waals surface area contributed by atoms with Gasteiger partial charge in [0.05, 0.1) is 5.75 Å². The number of hydrogen-bond acceptors (Lipinski definition) is 3. The van der Waals surface area contributed by atoms with Crippen LogP contribution in [0.15, 0.2) is 24.3 Å². The molecule has 1 rings (SSSR count). The van der Waals surface area contributed by atoms with Crippen LogP contribution in [0.5, 0.6) is 0 Å². The van der Waals surface area contributed by atoms with Gasteiger partial charge >= 0.3 is 5.97 Å². The topological polar surface area (TPSA) is 66.4 Å². The van der Waals surface area contributed by atoms with E-state index < -0.39 is 12.0 Å². The highest BCUT2D eigenvalue weighted by Crippen LogP contribution is 2.16. The van der Waals surface area contributed by atoms with Gasteiger partial charge in [-0.15, -0.1) is 24.1 Å². The minimum atomic E-state index is -1.13. The Hall–Kier alpha value is -1.64. The van der Waals surface area contributed by atoms with E-state index in [4.69, 9.17) is 23.1 Å². The van der Waals surface area contributed by atoms with Crippen LogP contribution < -0.4 is 5.32 Å². The highest BCUT2D eigenvalue weighted by atomic mass is 35.5. The van der Waals surface area contributed by atoms with Gasteiger partial charge in [-0.3, -0.25) is 4.79 Å². The third-order valence-electron chi connectivity index (χ3n) is 2.35. The number of rotatable bonds is 7. The van der Waals surface area contributed by atoms with E-state index in [0.717, 1.165) is 5.56 Å². The third kappa shape index (κ3) is 6.00. The van der Waals surface area contributed by atoms with Crippen molar-refractivity contribution in [3.05, 3.63) is 34.9 Å². The molecule has 0 aliphatic rings. The fraction of sp³-hybridized carbons (Fsp3) is 0.286. The van der Waals surface area contributed by atoms with E-state index in [9.17, 15) is 9.59 Å². The number of carbonyl (C=O) groups is 2. The van der Waals surface area contributed by atoms with Crippen molar-refractivity contribution in [2.75, 3.05) is 5.75 Å². The fourth-order valence-corrected chi connectivity index (χ4v) is 2.44. The smallest absolute Gasteiger partial charge is 0.327 e. The molecule has 1 aromatic rings. The Morgan fingerprint density at radius 1 is 1.50 bits per heavy atom. The summed E-state index contributed by atoms with van der Waals surface area (Å²) < 4.78 is 0. The number of halogens is 1. The SMILES string of the molecule is C#CCC(NC(=O)CSCc1cccc(Cl)c1)C(=O)O. The van der Waals surface area contributed by atoms with E-state index >= 15 is 0 Å². The zero-order valence-corrected chi connectivity index (χ0v) is 12.2. The number of nitrogens with one attached hydrogen (secondary N) is 1. The summed E-state index contributed by atoms with van der Waals surface area (Å²) in [5.41, 5.74) is 1.01. The lowest BCUT2D eigenvalue weighted by molar-refractivity contribution is -0.141. The van der Waals surface area contributed by atoms with Gasteiger partial charge < -0.3 is 10.4 Å². The Kier molecular flexibility index (Phi) is 6.99. The molecule has 0 aliphatic carbocycles. The molecule has 1 unspecified atom stereocenters. The van der Waals surface area contributed by atoms with Gasteiger partial charge in [0.2, 0.25) is 5.91 Å². The maximum Gasteiger partial charge on any atom is 0.327 e. The molecule has 0 bridgehead atoms. The lowest BCUT2D eigenvalue weighted by atomic mass is 10.2. The maximum atomic E-state index is 11.6. The van der Waals surface area contributed by atoms with Gasteiger partial charge in [0, 0.05) is 17.2 Å². The summed E-state index contributed by atoms with van der Waals surface area (Å²) in [5.74, 6) is 1.54. The number of aliphatic carboxylic acids is 1. The predicted molar refractivity (Wildman–Crippen MR) is 80.6 cm³/mol. The van der Waals surface area contributed by atoms with E-state index in [0.29, 0.717) is 10.8 Å². The van der Waals surface area contributed by atoms with Crippen molar-refractivity contribution in [2.24, 2.45) is 0 Å². The molecule has 1 atom stereocenters. The highest BCUT2D eigenvalue weighted by Gasteiger charge is 2.18. The van der Waals surface area contributed by atoms with Gasteiger partial charge in [0.1, 0.15) is 6.04 Å². The zero-order valence-electron chi connectivity index (χ0n) is 10.6. The molecule has 106 valence electrons. The predicted octanol–water partition coefficient (Wildman–Crippen LogP) is 2.17. The molecule has 0 saturated carbocycles. The normalized spacial score (nSPS) is 11.4. The minimum Gasteiger partial charge on any atom is -0.480 e. The first-order valence-electron chi connectivity index (χ1n) is 5.80. The second-order valence-corrected chi connectivity index (χ2v) is 5.41. The van der Waals surface area contributed by atoms with Gasteiger partial charge in [0.15, 0.2) is 0 Å². The van der Waals surface area contributed by atoms with Crippen LogP contribution in [0.1, 0.15) is 12.0 Å². The molecule has 2 N–H and O–H groups in total. The van der Waals surface area contributed by atoms with E-state index in [2.05, 4.69) is 11.2 Å². The van der Waals surface area contributed by atoms with Crippen LogP contribution in [0.2, 0.25) is 5.02 Å². The largest absolute Gasteiger partial charge is 0.480 e. The van der Waals surface area contributed by atoms with E-state index in [1.807, 2.05) is 18.2 Å². The molecule has 0 aromatic heterocycles. The van der Waals surface area contributed by atoms with Crippen molar-refractivity contribution < 1.29 is 14.7 Å². The van der Waals surface area contributed by atoms with Crippen molar-refractivity contribution in [2.45, 2.75) is 18.2 Å². The first-order valence-corrected chi connectivity index (χ1v) is 7.34. The van der Waals surface area contributed by atoms with E-state index in [-0.39, 0.29) is 18.1 Å². The van der Waals surface area contributed by atoms with Crippen molar-refractivity contribution in [3.8, 4) is 12.3 Å². The molecule has 0 spiro atoms. The number of carbonyl (C=O) groups excluding carboxylic acids is 1. The monoisotopic (exact) mass is 311 g/mol. The first kappa shape index (κ1) is 16.4. The zero-order chi connectivity index (χ0) is 15.0. The summed E-state index contributed by atoms with van der Waals surface area (Å²) in [5, 5.41) is 11.9. The molecule has 4 nitrogen and oxygen atoms in total. The number of carboxylic acid groups (broad SMARTS) is 1. The lowest BCUT2D eigenvalue weighted by Crippen LogP contribution is -2.41. The van der Waals surface area contributed by atoms with Crippen LogP contribution in [0.3, 0.4) is 0 Å². The summed E-state index contributed by atoms with van der Waals surface area (Å²) in [6.45, 7) is 0. The quantitative estimate of drug-likeness (QED) is 0.757. The van der Waals surface area contributed by atoms with Crippen molar-refractivity contribution in [3.63, 3.8) is 0 Å². The summed E-state index contributed by atoms with van der Waals surface area (Å²) in [4.78, 5) is 22.4. The number of amides is 1. The molecular weight excluding hydrogens is 298 g/mol. The summed E-state index contributed by atoms with van der Waals surface area (Å²) in [6.07, 6.45) is 5.02. The minimum absolute atomic E-state index is 0.0277. The molecule has 0 aliphatic heterocycles. The summed E-state index contributed by atoms with van der Waals surface area (Å²) in [6, 6.07) is 6.32. The van der Waals surface area contributed by atoms with Gasteiger partial charge in [0.25, 0.3) is 0 Å². The van der Waals surface area contributed by atoms with Crippen LogP contribution >= 0.6 is 23.4 Å². The van der Waals surface area contributed by atoms with Crippen LogP contribution in [0, 0.1) is 12.3 Å². The molecule has 0 fully saturated rings. The molecule has 1 amide bonds. The Balaban J connectivity index is 2.36. The summed E-state index contributed by atoms with van der Waals surface area (Å²) in [7, 11) is 0. The van der Waals surface area contributed by atoms with Gasteiger partial charge in [-0.2, -0.15) is 0 Å². The lowest BCUT2D eigenvalue weighted by Gasteiger charge is -2.11. The van der Waals surface area contributed by atoms with Crippen LogP contribution in [0.25, 0.3) is 0 Å². The Labute approximate surface area is 126 Å². The van der Waals surface area contributed by atoms with E-state index in [1.54, 1.807) is 6.07 Å². The molecule has 0 heterocycles. The molecule has 0 saturated heterocycles. The number of thioether (sulfide) groups is 1. The standard InChI is InChI=1S/C14H14ClNO3S/c1-2-4-12(14(18)19)16-13(17)9-20-8-10-5-3-6-11(15)7-10/h1,3,5-7,12H,4,8-9H2,(H,16,17)(H,18,19). The Bertz CT molecular complexity index is 527. The van der Waals surface area contributed by atoms with Crippen LogP contribution in [-0.4, -0.2) is 28.8 Å². The van der Waals surface area contributed by atoms with E-state index in [1.165, 1.54) is 11.8 Å². The van der Waals surface area contributed by atoms with Crippen molar-refractivity contribution in [1.82, 2.24) is 5.32 Å². The van der Waals surface area contributed by atoms with Crippen molar-refractivity contribution in [1.29, 1.82) is 0 Å². The van der Waals surface area contributed by atoms with Gasteiger partial charge in [-0.05, 0) is 17.7 Å². The number of terminal acetylenes is 1. The molecule has 0 radical (unpaired) electrons. The first-order chi connectivity index (χ1) is 9.52. The van der Waals surface area contributed by atoms with Gasteiger partial charge in [-0.1, -0.05) is 23.7 Å². The highest BCUT2D eigenvalue weighted by molar-refractivity contribution is 7.99. The van der Waals surface area contributed by atoms with Crippen LogP contribution in [0.4, 0.5) is 0 Å². The number of benzene rings is 1. The molecular formula is C14H14ClNO3S.